The van der Waals surface area contributed by atoms with Crippen LogP contribution in [0.1, 0.15) is 16.2 Å². The van der Waals surface area contributed by atoms with Crippen molar-refractivity contribution in [2.24, 2.45) is 0 Å². The summed E-state index contributed by atoms with van der Waals surface area (Å²) in [5.74, 6) is -0.494. The summed E-state index contributed by atoms with van der Waals surface area (Å²) in [6.07, 6.45) is 1.42. The number of ether oxygens (including phenoxy) is 2. The highest BCUT2D eigenvalue weighted by atomic mass is 32.1. The molecule has 1 amide bonds. The van der Waals surface area contributed by atoms with E-state index in [2.05, 4.69) is 30.5 Å². The molecule has 0 saturated heterocycles. The first-order chi connectivity index (χ1) is 17.6. The lowest BCUT2D eigenvalue weighted by Gasteiger charge is -2.09. The summed E-state index contributed by atoms with van der Waals surface area (Å²) in [5.41, 5.74) is 1.03. The average molecular weight is 507 g/mol. The normalized spacial score (nSPS) is 10.9. The summed E-state index contributed by atoms with van der Waals surface area (Å²) in [5, 5.41) is 11.0. The van der Waals surface area contributed by atoms with Gasteiger partial charge in [-0.1, -0.05) is 30.3 Å². The molecule has 0 aliphatic rings. The van der Waals surface area contributed by atoms with Crippen LogP contribution in [0.3, 0.4) is 0 Å². The molecule has 5 aromatic rings. The van der Waals surface area contributed by atoms with E-state index >= 15 is 0 Å². The molecule has 12 heteroatoms. The quantitative estimate of drug-likeness (QED) is 0.261. The number of rotatable bonds is 9. The van der Waals surface area contributed by atoms with E-state index in [1.54, 1.807) is 41.8 Å². The van der Waals surface area contributed by atoms with Gasteiger partial charge in [-0.3, -0.25) is 14.7 Å². The van der Waals surface area contributed by atoms with Crippen LogP contribution in [0.2, 0.25) is 0 Å². The molecule has 0 radical (unpaired) electrons. The minimum absolute atomic E-state index is 0.119. The van der Waals surface area contributed by atoms with Crippen molar-refractivity contribution in [3.63, 3.8) is 0 Å². The summed E-state index contributed by atoms with van der Waals surface area (Å²) in [6, 6.07) is 13.6. The third kappa shape index (κ3) is 5.08. The third-order valence-corrected chi connectivity index (χ3v) is 6.02. The van der Waals surface area contributed by atoms with E-state index in [0.29, 0.717) is 21.7 Å². The molecule has 0 aliphatic heterocycles. The van der Waals surface area contributed by atoms with Crippen LogP contribution < -0.4 is 20.3 Å². The Labute approximate surface area is 207 Å². The highest BCUT2D eigenvalue weighted by Crippen LogP contribution is 2.32. The van der Waals surface area contributed by atoms with Crippen molar-refractivity contribution in [3.05, 3.63) is 87.8 Å². The second-order valence-corrected chi connectivity index (χ2v) is 8.39. The average Bonchev–Trinajstić information content (AvgIpc) is 3.56. The van der Waals surface area contributed by atoms with Gasteiger partial charge in [0.25, 0.3) is 11.5 Å². The minimum atomic E-state index is -0.541. The Morgan fingerprint density at radius 3 is 2.78 bits per heavy atom. The molecule has 3 heterocycles. The molecule has 182 valence electrons. The number of hydrogen-bond acceptors (Lipinski definition) is 8. The highest BCUT2D eigenvalue weighted by molar-refractivity contribution is 7.17. The summed E-state index contributed by atoms with van der Waals surface area (Å²) in [4.78, 5) is 36.5. The topological polar surface area (TPSA) is 135 Å². The molecule has 0 fully saturated rings. The number of carbonyl (C=O) groups excluding carboxylic acids is 1. The Hall–Kier alpha value is -4.58. The molecule has 0 aliphatic carbocycles. The number of H-pyrrole nitrogens is 2. The molecule has 3 aromatic heterocycles. The zero-order chi connectivity index (χ0) is 24.9. The Bertz CT molecular complexity index is 1570. The zero-order valence-electron chi connectivity index (χ0n) is 18.7. The van der Waals surface area contributed by atoms with Gasteiger partial charge in [-0.05, 0) is 23.8 Å². The van der Waals surface area contributed by atoms with Crippen LogP contribution in [0.15, 0.2) is 65.0 Å². The molecule has 0 unspecified atom stereocenters. The predicted molar refractivity (Wildman–Crippen MR) is 131 cm³/mol. The number of halogens is 1. The second kappa shape index (κ2) is 10.4. The van der Waals surface area contributed by atoms with Crippen LogP contribution in [0.5, 0.6) is 11.8 Å². The van der Waals surface area contributed by atoms with E-state index < -0.39 is 17.3 Å². The number of amides is 1. The maximum atomic E-state index is 14.2. The molecule has 0 spiro atoms. The van der Waals surface area contributed by atoms with E-state index in [9.17, 15) is 14.0 Å². The van der Waals surface area contributed by atoms with Gasteiger partial charge in [0.15, 0.2) is 0 Å². The molecular formula is C24H19FN6O4S. The number of aromatic nitrogens is 5. The second-order valence-electron chi connectivity index (χ2n) is 7.53. The molecule has 5 rings (SSSR count). The molecule has 3 N–H and O–H groups in total. The number of nitrogens with zero attached hydrogens (tertiary/aromatic N) is 3. The number of aromatic amines is 2. The standard InChI is InChI=1S/C24H19FN6O4S/c25-18-7-2-1-6-16(18)17-12-36-23-19(17)21(32)29-20(30-23)22(33)26-11-14-4-3-5-15(10-14)34-8-9-35-24-27-13-28-31-24/h1-7,10,12-13H,8-9,11H2,(H,26,33)(H,27,28,31)(H,29,30,32). The first-order valence-corrected chi connectivity index (χ1v) is 11.7. The van der Waals surface area contributed by atoms with Crippen molar-refractivity contribution >= 4 is 27.5 Å². The Morgan fingerprint density at radius 1 is 1.08 bits per heavy atom. The first kappa shape index (κ1) is 23.2. The van der Waals surface area contributed by atoms with Gasteiger partial charge in [0.1, 0.15) is 35.9 Å². The smallest absolute Gasteiger partial charge is 0.335 e. The van der Waals surface area contributed by atoms with E-state index in [-0.39, 0.29) is 37.0 Å². The monoisotopic (exact) mass is 506 g/mol. The van der Waals surface area contributed by atoms with Gasteiger partial charge in [-0.15, -0.1) is 16.4 Å². The number of carbonyl (C=O) groups is 1. The van der Waals surface area contributed by atoms with Gasteiger partial charge < -0.3 is 19.8 Å². The van der Waals surface area contributed by atoms with Gasteiger partial charge in [-0.2, -0.15) is 4.98 Å². The summed E-state index contributed by atoms with van der Waals surface area (Å²) >= 11 is 1.17. The fraction of sp³-hybridized carbons (Fsp3) is 0.125. The first-order valence-electron chi connectivity index (χ1n) is 10.8. The molecule has 0 saturated carbocycles. The minimum Gasteiger partial charge on any atom is -0.490 e. The van der Waals surface area contributed by atoms with Gasteiger partial charge in [0, 0.05) is 23.1 Å². The molecule has 36 heavy (non-hydrogen) atoms. The maximum Gasteiger partial charge on any atom is 0.335 e. The Balaban J connectivity index is 1.23. The summed E-state index contributed by atoms with van der Waals surface area (Å²) < 4.78 is 25.2. The fourth-order valence-electron chi connectivity index (χ4n) is 3.50. The van der Waals surface area contributed by atoms with Crippen molar-refractivity contribution in [3.8, 4) is 22.9 Å². The van der Waals surface area contributed by atoms with E-state index in [1.807, 2.05) is 6.07 Å². The number of hydrogen-bond donors (Lipinski definition) is 3. The van der Waals surface area contributed by atoms with Gasteiger partial charge >= 0.3 is 6.01 Å². The van der Waals surface area contributed by atoms with E-state index in [1.165, 1.54) is 23.7 Å². The van der Waals surface area contributed by atoms with Crippen molar-refractivity contribution in [2.45, 2.75) is 6.54 Å². The van der Waals surface area contributed by atoms with E-state index in [0.717, 1.165) is 5.56 Å². The third-order valence-electron chi connectivity index (χ3n) is 5.15. The van der Waals surface area contributed by atoms with Crippen molar-refractivity contribution < 1.29 is 18.7 Å². The molecule has 0 bridgehead atoms. The number of nitrogens with one attached hydrogen (secondary N) is 3. The number of fused-ring (bicyclic) bond motifs is 1. The number of thiophene rings is 1. The lowest BCUT2D eigenvalue weighted by molar-refractivity contribution is 0.0940. The van der Waals surface area contributed by atoms with Crippen LogP contribution in [-0.2, 0) is 6.54 Å². The largest absolute Gasteiger partial charge is 0.490 e. The van der Waals surface area contributed by atoms with Gasteiger partial charge in [0.05, 0.1) is 5.39 Å². The van der Waals surface area contributed by atoms with Crippen LogP contribution >= 0.6 is 11.3 Å². The van der Waals surface area contributed by atoms with Crippen LogP contribution in [0.4, 0.5) is 4.39 Å². The van der Waals surface area contributed by atoms with Gasteiger partial charge in [0.2, 0.25) is 5.82 Å². The summed E-state index contributed by atoms with van der Waals surface area (Å²) in [6.45, 7) is 0.739. The van der Waals surface area contributed by atoms with Crippen LogP contribution in [0.25, 0.3) is 21.3 Å². The molecule has 0 atom stereocenters. The fourth-order valence-corrected chi connectivity index (χ4v) is 4.44. The zero-order valence-corrected chi connectivity index (χ0v) is 19.5. The van der Waals surface area contributed by atoms with Crippen molar-refractivity contribution in [1.29, 1.82) is 0 Å². The maximum absolute atomic E-state index is 14.2. The highest BCUT2D eigenvalue weighted by Gasteiger charge is 2.18. The van der Waals surface area contributed by atoms with Crippen molar-refractivity contribution in [1.82, 2.24) is 30.5 Å². The molecule has 2 aromatic carbocycles. The van der Waals surface area contributed by atoms with Crippen molar-refractivity contribution in [2.75, 3.05) is 13.2 Å². The molecule has 10 nitrogen and oxygen atoms in total. The lowest BCUT2D eigenvalue weighted by atomic mass is 10.1. The Morgan fingerprint density at radius 2 is 1.94 bits per heavy atom. The molecular weight excluding hydrogens is 487 g/mol. The SMILES string of the molecule is O=C(NCc1cccc(OCCOc2nc[nH]n2)c1)c1nc2scc(-c3ccccc3F)c2c(=O)[nH]1. The van der Waals surface area contributed by atoms with E-state index in [4.69, 9.17) is 9.47 Å². The Kier molecular flexibility index (Phi) is 6.67. The number of benzene rings is 2. The summed E-state index contributed by atoms with van der Waals surface area (Å²) in [7, 11) is 0. The van der Waals surface area contributed by atoms with Gasteiger partial charge in [-0.25, -0.2) is 9.37 Å². The van der Waals surface area contributed by atoms with Crippen LogP contribution in [-0.4, -0.2) is 44.3 Å². The lowest BCUT2D eigenvalue weighted by Crippen LogP contribution is -2.27. The van der Waals surface area contributed by atoms with Crippen LogP contribution in [0, 0.1) is 5.82 Å². The predicted octanol–water partition coefficient (Wildman–Crippen LogP) is 3.30.